The van der Waals surface area contributed by atoms with Crippen LogP contribution >= 0.6 is 35.0 Å². The minimum absolute atomic E-state index is 0.0311. The summed E-state index contributed by atoms with van der Waals surface area (Å²) in [5.41, 5.74) is 0. The number of hydrogen-bond donors (Lipinski definition) is 1. The molecule has 0 radical (unpaired) electrons. The lowest BCUT2D eigenvalue weighted by atomic mass is 10.2. The predicted molar refractivity (Wildman–Crippen MR) is 114 cm³/mol. The Kier molecular flexibility index (Phi) is 11.7. The van der Waals surface area contributed by atoms with Crippen molar-refractivity contribution in [1.82, 2.24) is 9.62 Å². The molecule has 0 saturated carbocycles. The molecule has 160 valence electrons. The van der Waals surface area contributed by atoms with Crippen molar-refractivity contribution < 1.29 is 22.7 Å². The van der Waals surface area contributed by atoms with E-state index in [1.807, 2.05) is 6.26 Å². The van der Waals surface area contributed by atoms with E-state index in [0.29, 0.717) is 38.5 Å². The van der Waals surface area contributed by atoms with Crippen LogP contribution in [0, 0.1) is 0 Å². The summed E-state index contributed by atoms with van der Waals surface area (Å²) in [6.45, 7) is 1.32. The van der Waals surface area contributed by atoms with Crippen molar-refractivity contribution >= 4 is 50.9 Å². The number of amides is 1. The van der Waals surface area contributed by atoms with E-state index in [4.69, 9.17) is 32.7 Å². The van der Waals surface area contributed by atoms with Gasteiger partial charge in [0.1, 0.15) is 10.9 Å². The number of carbonyl (C=O) groups excluding carboxylic acids is 1. The van der Waals surface area contributed by atoms with Gasteiger partial charge in [-0.2, -0.15) is 16.5 Å². The summed E-state index contributed by atoms with van der Waals surface area (Å²) in [6, 6.07) is 3.22. The smallest absolute Gasteiger partial charge is 0.242 e. The number of benzene rings is 1. The molecule has 0 aliphatic carbocycles. The van der Waals surface area contributed by atoms with Crippen molar-refractivity contribution in [1.29, 1.82) is 0 Å². The van der Waals surface area contributed by atoms with E-state index >= 15 is 0 Å². The Morgan fingerprint density at radius 2 is 1.82 bits per heavy atom. The molecule has 0 aromatic heterocycles. The van der Waals surface area contributed by atoms with E-state index in [9.17, 15) is 13.2 Å². The minimum Gasteiger partial charge on any atom is -0.383 e. The predicted octanol–water partition coefficient (Wildman–Crippen LogP) is 2.51. The summed E-state index contributed by atoms with van der Waals surface area (Å²) < 4.78 is 38.3. The number of nitrogens with one attached hydrogen (secondary N) is 1. The molecule has 0 bridgehead atoms. The number of methoxy groups -OCH3 is 2. The van der Waals surface area contributed by atoms with E-state index in [1.54, 1.807) is 0 Å². The van der Waals surface area contributed by atoms with Crippen molar-refractivity contribution in [3.8, 4) is 0 Å². The Bertz CT molecular complexity index is 726. The lowest BCUT2D eigenvalue weighted by Crippen LogP contribution is -2.50. The maximum atomic E-state index is 13.0. The van der Waals surface area contributed by atoms with Gasteiger partial charge in [-0.3, -0.25) is 4.79 Å². The summed E-state index contributed by atoms with van der Waals surface area (Å²) in [6.07, 6.45) is 2.21. The molecular formula is C17H26Cl2N2O5S2. The molecule has 1 atom stereocenters. The summed E-state index contributed by atoms with van der Waals surface area (Å²) in [7, 11) is -0.977. The van der Waals surface area contributed by atoms with E-state index in [0.717, 1.165) is 0 Å². The number of thioether (sulfide) groups is 1. The van der Waals surface area contributed by atoms with Crippen LogP contribution in [0.4, 0.5) is 0 Å². The molecule has 0 aliphatic heterocycles. The first-order valence-corrected chi connectivity index (χ1v) is 12.1. The molecule has 28 heavy (non-hydrogen) atoms. The van der Waals surface area contributed by atoms with Gasteiger partial charge < -0.3 is 14.4 Å². The van der Waals surface area contributed by atoms with Gasteiger partial charge in [0.25, 0.3) is 0 Å². The first-order valence-electron chi connectivity index (χ1n) is 8.49. The zero-order valence-corrected chi connectivity index (χ0v) is 19.3. The average Bonchev–Trinajstić information content (AvgIpc) is 2.66. The fourth-order valence-corrected chi connectivity index (χ4v) is 4.82. The highest BCUT2D eigenvalue weighted by atomic mass is 35.5. The van der Waals surface area contributed by atoms with Crippen molar-refractivity contribution in [2.45, 2.75) is 17.4 Å². The van der Waals surface area contributed by atoms with Crippen LogP contribution in [0.2, 0.25) is 10.0 Å². The molecule has 0 saturated heterocycles. The Labute approximate surface area is 181 Å². The molecule has 0 fully saturated rings. The average molecular weight is 473 g/mol. The molecule has 1 aromatic rings. The molecule has 1 amide bonds. The number of carbonyl (C=O) groups is 1. The van der Waals surface area contributed by atoms with Crippen LogP contribution in [-0.2, 0) is 24.3 Å². The van der Waals surface area contributed by atoms with Crippen molar-refractivity contribution in [2.24, 2.45) is 0 Å². The monoisotopic (exact) mass is 472 g/mol. The highest BCUT2D eigenvalue weighted by Gasteiger charge is 2.30. The zero-order valence-electron chi connectivity index (χ0n) is 16.1. The first kappa shape index (κ1) is 25.5. The highest BCUT2D eigenvalue weighted by molar-refractivity contribution is 7.98. The van der Waals surface area contributed by atoms with Gasteiger partial charge >= 0.3 is 0 Å². The zero-order chi connectivity index (χ0) is 21.2. The fraction of sp³-hybridized carbons (Fsp3) is 0.588. The van der Waals surface area contributed by atoms with Crippen LogP contribution in [0.3, 0.4) is 0 Å². The Morgan fingerprint density at radius 3 is 2.36 bits per heavy atom. The SMILES string of the molecule is COCCN(CCOC)C(=O)C(CCSC)NS(=O)(=O)c1cc(Cl)ccc1Cl. The van der Waals surface area contributed by atoms with Gasteiger partial charge in [-0.25, -0.2) is 8.42 Å². The molecule has 0 aliphatic rings. The lowest BCUT2D eigenvalue weighted by molar-refractivity contribution is -0.134. The largest absolute Gasteiger partial charge is 0.383 e. The number of sulfonamides is 1. The van der Waals surface area contributed by atoms with Gasteiger partial charge in [-0.05, 0) is 36.6 Å². The molecule has 0 spiro atoms. The summed E-state index contributed by atoms with van der Waals surface area (Å²) in [5.74, 6) is 0.259. The molecule has 11 heteroatoms. The summed E-state index contributed by atoms with van der Waals surface area (Å²) in [5, 5.41) is 0.266. The van der Waals surface area contributed by atoms with Crippen LogP contribution in [0.1, 0.15) is 6.42 Å². The van der Waals surface area contributed by atoms with Crippen LogP contribution in [0.25, 0.3) is 0 Å². The van der Waals surface area contributed by atoms with Gasteiger partial charge in [0.2, 0.25) is 15.9 Å². The van der Waals surface area contributed by atoms with Crippen LogP contribution < -0.4 is 4.72 Å². The molecule has 7 nitrogen and oxygen atoms in total. The number of ether oxygens (including phenoxy) is 2. The van der Waals surface area contributed by atoms with Gasteiger partial charge in [-0.15, -0.1) is 0 Å². The maximum absolute atomic E-state index is 13.0. The van der Waals surface area contributed by atoms with E-state index < -0.39 is 16.1 Å². The van der Waals surface area contributed by atoms with Crippen molar-refractivity contribution in [3.63, 3.8) is 0 Å². The van der Waals surface area contributed by atoms with Crippen LogP contribution in [-0.4, -0.2) is 77.8 Å². The molecule has 1 N–H and O–H groups in total. The Morgan fingerprint density at radius 1 is 1.21 bits per heavy atom. The van der Waals surface area contributed by atoms with Crippen molar-refractivity contribution in [3.05, 3.63) is 28.2 Å². The van der Waals surface area contributed by atoms with Crippen LogP contribution in [0.15, 0.2) is 23.1 Å². The molecule has 1 aromatic carbocycles. The first-order chi connectivity index (χ1) is 13.3. The normalized spacial score (nSPS) is 12.8. The number of halogens is 2. The summed E-state index contributed by atoms with van der Waals surface area (Å²) in [4.78, 5) is 14.4. The summed E-state index contributed by atoms with van der Waals surface area (Å²) >= 11 is 13.5. The topological polar surface area (TPSA) is 84.9 Å². The Hall–Kier alpha value is -0.550. The standard InChI is InChI=1S/C17H26Cl2N2O5S2/c1-25-9-7-21(8-10-26-2)17(22)15(6-11-27-3)20-28(23,24)16-12-13(18)4-5-14(16)19/h4-5,12,15,20H,6-11H2,1-3H3. The third kappa shape index (κ3) is 8.06. The molecule has 1 rings (SSSR count). The van der Waals surface area contributed by atoms with Gasteiger partial charge in [0.15, 0.2) is 0 Å². The lowest BCUT2D eigenvalue weighted by Gasteiger charge is -2.27. The van der Waals surface area contributed by atoms with Crippen molar-refractivity contribution in [2.75, 3.05) is 52.5 Å². The molecule has 1 unspecified atom stereocenters. The molecule has 0 heterocycles. The fourth-order valence-electron chi connectivity index (χ4n) is 2.36. The van der Waals surface area contributed by atoms with E-state index in [-0.39, 0.29) is 20.8 Å². The second-order valence-corrected chi connectivity index (χ2v) is 9.35. The van der Waals surface area contributed by atoms with Gasteiger partial charge in [-0.1, -0.05) is 23.2 Å². The van der Waals surface area contributed by atoms with Gasteiger partial charge in [0, 0.05) is 32.3 Å². The van der Waals surface area contributed by atoms with Gasteiger partial charge in [0.05, 0.1) is 18.2 Å². The number of hydrogen-bond acceptors (Lipinski definition) is 6. The Balaban J connectivity index is 3.10. The maximum Gasteiger partial charge on any atom is 0.242 e. The van der Waals surface area contributed by atoms with Crippen LogP contribution in [0.5, 0.6) is 0 Å². The second-order valence-electron chi connectivity index (χ2n) is 5.84. The highest BCUT2D eigenvalue weighted by Crippen LogP contribution is 2.25. The third-order valence-corrected chi connectivity index (χ3v) is 6.66. The third-order valence-electron chi connectivity index (χ3n) is 3.83. The number of rotatable bonds is 13. The minimum atomic E-state index is -4.05. The molecular weight excluding hydrogens is 447 g/mol. The van der Waals surface area contributed by atoms with E-state index in [1.165, 1.54) is 49.1 Å². The quantitative estimate of drug-likeness (QED) is 0.474. The van der Waals surface area contributed by atoms with E-state index in [2.05, 4.69) is 4.72 Å². The number of nitrogens with zero attached hydrogens (tertiary/aromatic N) is 1. The second kappa shape index (κ2) is 12.9.